The van der Waals surface area contributed by atoms with Gasteiger partial charge >= 0.3 is 12.0 Å². The number of aryl methyl sites for hydroxylation is 1. The summed E-state index contributed by atoms with van der Waals surface area (Å²) in [4.78, 5) is 33.9. The number of nitrogens with zero attached hydrogens (tertiary/aromatic N) is 1. The summed E-state index contributed by atoms with van der Waals surface area (Å²) in [7, 11) is 0. The van der Waals surface area contributed by atoms with Crippen LogP contribution in [0.1, 0.15) is 33.3 Å². The SMILES string of the molecule is Cc1cc([N+](=O)[O-])ccc1NC(=O)N[C@@H](C)C(=O)OC(C)(C)C. The standard InChI is InChI=1S/C15H21N3O5/c1-9-8-11(18(21)22)6-7-12(9)17-14(20)16-10(2)13(19)23-15(3,4)5/h6-8,10H,1-5H3,(H2,16,17,20)/t10-/m0/s1. The van der Waals surface area contributed by atoms with Crippen molar-refractivity contribution in [2.45, 2.75) is 46.3 Å². The smallest absolute Gasteiger partial charge is 0.328 e. The van der Waals surface area contributed by atoms with E-state index in [4.69, 9.17) is 4.74 Å². The van der Waals surface area contributed by atoms with Gasteiger partial charge in [-0.1, -0.05) is 0 Å². The van der Waals surface area contributed by atoms with Crippen LogP contribution >= 0.6 is 0 Å². The van der Waals surface area contributed by atoms with Crippen molar-refractivity contribution in [2.24, 2.45) is 0 Å². The molecule has 0 spiro atoms. The number of ether oxygens (including phenoxy) is 1. The number of hydrogen-bond donors (Lipinski definition) is 2. The van der Waals surface area contributed by atoms with E-state index in [2.05, 4.69) is 10.6 Å². The maximum Gasteiger partial charge on any atom is 0.328 e. The number of benzene rings is 1. The molecule has 0 aromatic heterocycles. The molecule has 0 aliphatic rings. The predicted octanol–water partition coefficient (Wildman–Crippen LogP) is 2.75. The number of nitrogens with one attached hydrogen (secondary N) is 2. The number of amides is 2. The van der Waals surface area contributed by atoms with Crippen molar-refractivity contribution in [2.75, 3.05) is 5.32 Å². The van der Waals surface area contributed by atoms with E-state index in [1.807, 2.05) is 0 Å². The van der Waals surface area contributed by atoms with Crippen molar-refractivity contribution in [3.63, 3.8) is 0 Å². The zero-order valence-electron chi connectivity index (χ0n) is 13.8. The Hall–Kier alpha value is -2.64. The second-order valence-electron chi connectivity index (χ2n) is 6.11. The fourth-order valence-electron chi connectivity index (χ4n) is 1.71. The van der Waals surface area contributed by atoms with Crippen LogP contribution in [0, 0.1) is 17.0 Å². The van der Waals surface area contributed by atoms with Crippen molar-refractivity contribution < 1.29 is 19.2 Å². The highest BCUT2D eigenvalue weighted by Gasteiger charge is 2.23. The third-order valence-electron chi connectivity index (χ3n) is 2.78. The summed E-state index contributed by atoms with van der Waals surface area (Å²) in [6.07, 6.45) is 0. The molecule has 2 N–H and O–H groups in total. The van der Waals surface area contributed by atoms with Crippen LogP contribution in [0.15, 0.2) is 18.2 Å². The highest BCUT2D eigenvalue weighted by molar-refractivity contribution is 5.93. The van der Waals surface area contributed by atoms with Crippen LogP contribution < -0.4 is 10.6 Å². The van der Waals surface area contributed by atoms with Gasteiger partial charge in [0.15, 0.2) is 0 Å². The van der Waals surface area contributed by atoms with Gasteiger partial charge in [-0.25, -0.2) is 9.59 Å². The molecule has 0 aliphatic carbocycles. The minimum Gasteiger partial charge on any atom is -0.458 e. The largest absolute Gasteiger partial charge is 0.458 e. The third-order valence-corrected chi connectivity index (χ3v) is 2.78. The maximum atomic E-state index is 11.9. The molecule has 0 heterocycles. The Bertz CT molecular complexity index is 622. The van der Waals surface area contributed by atoms with E-state index in [0.717, 1.165) is 0 Å². The number of anilines is 1. The van der Waals surface area contributed by atoms with E-state index in [1.54, 1.807) is 27.7 Å². The van der Waals surface area contributed by atoms with Crippen molar-refractivity contribution in [1.82, 2.24) is 5.32 Å². The van der Waals surface area contributed by atoms with Gasteiger partial charge in [0.2, 0.25) is 0 Å². The summed E-state index contributed by atoms with van der Waals surface area (Å²) in [6.45, 7) is 8.35. The van der Waals surface area contributed by atoms with Crippen LogP contribution in [0.25, 0.3) is 0 Å². The molecular weight excluding hydrogens is 302 g/mol. The monoisotopic (exact) mass is 323 g/mol. The summed E-state index contributed by atoms with van der Waals surface area (Å²) in [6, 6.07) is 2.66. The molecule has 0 aliphatic heterocycles. The Labute approximate surface area is 134 Å². The number of urea groups is 1. The zero-order valence-corrected chi connectivity index (χ0v) is 13.8. The van der Waals surface area contributed by atoms with Gasteiger partial charge in [-0.15, -0.1) is 0 Å². The summed E-state index contributed by atoms with van der Waals surface area (Å²) in [5.74, 6) is -0.548. The number of esters is 1. The summed E-state index contributed by atoms with van der Waals surface area (Å²) >= 11 is 0. The average molecular weight is 323 g/mol. The number of nitro benzene ring substituents is 1. The first-order valence-corrected chi connectivity index (χ1v) is 7.05. The van der Waals surface area contributed by atoms with E-state index in [-0.39, 0.29) is 5.69 Å². The molecule has 1 rings (SSSR count). The van der Waals surface area contributed by atoms with Crippen LogP contribution in [-0.2, 0) is 9.53 Å². The first kappa shape index (κ1) is 18.4. The first-order valence-electron chi connectivity index (χ1n) is 7.05. The van der Waals surface area contributed by atoms with Crippen LogP contribution in [0.2, 0.25) is 0 Å². The van der Waals surface area contributed by atoms with Gasteiger partial charge in [0, 0.05) is 17.8 Å². The van der Waals surface area contributed by atoms with E-state index >= 15 is 0 Å². The molecule has 8 heteroatoms. The molecular formula is C15H21N3O5. The predicted molar refractivity (Wildman–Crippen MR) is 85.3 cm³/mol. The molecule has 0 bridgehead atoms. The number of hydrogen-bond acceptors (Lipinski definition) is 5. The average Bonchev–Trinajstić information content (AvgIpc) is 2.38. The molecule has 0 radical (unpaired) electrons. The van der Waals surface area contributed by atoms with Gasteiger partial charge < -0.3 is 15.4 Å². The highest BCUT2D eigenvalue weighted by atomic mass is 16.6. The summed E-state index contributed by atoms with van der Waals surface area (Å²) in [5.41, 5.74) is 0.262. The normalized spacial score (nSPS) is 12.2. The molecule has 2 amide bonds. The maximum absolute atomic E-state index is 11.9. The van der Waals surface area contributed by atoms with Crippen molar-refractivity contribution >= 4 is 23.4 Å². The fourth-order valence-corrected chi connectivity index (χ4v) is 1.71. The van der Waals surface area contributed by atoms with Crippen molar-refractivity contribution in [3.05, 3.63) is 33.9 Å². The molecule has 0 unspecified atom stereocenters. The van der Waals surface area contributed by atoms with Gasteiger partial charge in [-0.3, -0.25) is 10.1 Å². The fraction of sp³-hybridized carbons (Fsp3) is 0.467. The van der Waals surface area contributed by atoms with Crippen LogP contribution in [0.3, 0.4) is 0 Å². The summed E-state index contributed by atoms with van der Waals surface area (Å²) in [5, 5.41) is 15.7. The number of non-ortho nitro benzene ring substituents is 1. The topological polar surface area (TPSA) is 111 Å². The highest BCUT2D eigenvalue weighted by Crippen LogP contribution is 2.21. The molecule has 0 saturated heterocycles. The minimum atomic E-state index is -0.826. The van der Waals surface area contributed by atoms with Gasteiger partial charge in [-0.2, -0.15) is 0 Å². The van der Waals surface area contributed by atoms with E-state index in [1.165, 1.54) is 25.1 Å². The van der Waals surface area contributed by atoms with E-state index < -0.39 is 28.6 Å². The molecule has 1 atom stereocenters. The van der Waals surface area contributed by atoms with E-state index in [0.29, 0.717) is 11.3 Å². The quantitative estimate of drug-likeness (QED) is 0.503. The van der Waals surface area contributed by atoms with Crippen molar-refractivity contribution in [1.29, 1.82) is 0 Å². The number of nitro groups is 1. The van der Waals surface area contributed by atoms with Crippen molar-refractivity contribution in [3.8, 4) is 0 Å². The molecule has 1 aromatic rings. The summed E-state index contributed by atoms with van der Waals surface area (Å²) < 4.78 is 5.16. The lowest BCUT2D eigenvalue weighted by molar-refractivity contribution is -0.384. The lowest BCUT2D eigenvalue weighted by atomic mass is 10.2. The van der Waals surface area contributed by atoms with Crippen LogP contribution in [0.5, 0.6) is 0 Å². The Morgan fingerprint density at radius 2 is 1.91 bits per heavy atom. The van der Waals surface area contributed by atoms with Crippen LogP contribution in [0.4, 0.5) is 16.2 Å². The molecule has 8 nitrogen and oxygen atoms in total. The lowest BCUT2D eigenvalue weighted by Crippen LogP contribution is -2.44. The number of carbonyl (C=O) groups is 2. The lowest BCUT2D eigenvalue weighted by Gasteiger charge is -2.22. The second-order valence-corrected chi connectivity index (χ2v) is 6.11. The third kappa shape index (κ3) is 5.93. The van der Waals surface area contributed by atoms with Gasteiger partial charge in [0.1, 0.15) is 11.6 Å². The number of rotatable bonds is 4. The molecule has 126 valence electrons. The zero-order chi connectivity index (χ0) is 17.8. The van der Waals surface area contributed by atoms with Crippen LogP contribution in [-0.4, -0.2) is 28.6 Å². The Morgan fingerprint density at radius 3 is 2.39 bits per heavy atom. The molecule has 23 heavy (non-hydrogen) atoms. The van der Waals surface area contributed by atoms with E-state index in [9.17, 15) is 19.7 Å². The molecule has 1 aromatic carbocycles. The van der Waals surface area contributed by atoms with Gasteiger partial charge in [0.05, 0.1) is 4.92 Å². The second kappa shape index (κ2) is 7.08. The Balaban J connectivity index is 2.66. The van der Waals surface area contributed by atoms with Gasteiger partial charge in [-0.05, 0) is 46.2 Å². The molecule has 0 saturated carbocycles. The number of carbonyl (C=O) groups excluding carboxylic acids is 2. The first-order chi connectivity index (χ1) is 10.5. The van der Waals surface area contributed by atoms with Gasteiger partial charge in [0.25, 0.3) is 5.69 Å². The minimum absolute atomic E-state index is 0.0596. The Morgan fingerprint density at radius 1 is 1.30 bits per heavy atom. The Kier molecular flexibility index (Phi) is 5.67. The molecule has 0 fully saturated rings.